The van der Waals surface area contributed by atoms with Gasteiger partial charge in [0.05, 0.1) is 16.9 Å². The van der Waals surface area contributed by atoms with Crippen molar-refractivity contribution in [2.75, 3.05) is 13.1 Å². The van der Waals surface area contributed by atoms with E-state index in [1.807, 2.05) is 27.8 Å². The van der Waals surface area contributed by atoms with Crippen molar-refractivity contribution in [1.82, 2.24) is 20.0 Å². The molecule has 2 rings (SSSR count). The highest BCUT2D eigenvalue weighted by molar-refractivity contribution is 6.31. The summed E-state index contributed by atoms with van der Waals surface area (Å²) in [5.41, 5.74) is 0.496. The molecule has 2 heterocycles. The van der Waals surface area contributed by atoms with Crippen molar-refractivity contribution >= 4 is 17.7 Å². The Labute approximate surface area is 136 Å². The van der Waals surface area contributed by atoms with Gasteiger partial charge in [0.1, 0.15) is 5.60 Å². The summed E-state index contributed by atoms with van der Waals surface area (Å²) in [5, 5.41) is 8.24. The Morgan fingerprint density at radius 1 is 1.55 bits per heavy atom. The second-order valence-electron chi connectivity index (χ2n) is 6.71. The summed E-state index contributed by atoms with van der Waals surface area (Å²) in [4.78, 5) is 13.9. The van der Waals surface area contributed by atoms with Crippen LogP contribution in [-0.4, -0.2) is 45.5 Å². The highest BCUT2D eigenvalue weighted by atomic mass is 35.5. The molecule has 1 aromatic heterocycles. The first-order valence-electron chi connectivity index (χ1n) is 7.64. The third-order valence-corrected chi connectivity index (χ3v) is 3.96. The highest BCUT2D eigenvalue weighted by Crippen LogP contribution is 2.17. The number of aryl methyl sites for hydroxylation is 1. The fraction of sp³-hybridized carbons (Fsp3) is 0.733. The molecule has 0 unspecified atom stereocenters. The van der Waals surface area contributed by atoms with Crippen molar-refractivity contribution < 1.29 is 9.53 Å². The van der Waals surface area contributed by atoms with Crippen LogP contribution in [0.25, 0.3) is 0 Å². The number of aromatic nitrogens is 2. The zero-order valence-corrected chi connectivity index (χ0v) is 14.5. The highest BCUT2D eigenvalue weighted by Gasteiger charge is 2.27. The molecule has 1 aliphatic rings. The third kappa shape index (κ3) is 4.61. The quantitative estimate of drug-likeness (QED) is 0.926. The zero-order valence-electron chi connectivity index (χ0n) is 13.7. The van der Waals surface area contributed by atoms with Gasteiger partial charge in [-0.2, -0.15) is 5.10 Å². The van der Waals surface area contributed by atoms with E-state index in [-0.39, 0.29) is 12.1 Å². The van der Waals surface area contributed by atoms with Crippen molar-refractivity contribution in [3.05, 3.63) is 16.9 Å². The lowest BCUT2D eigenvalue weighted by Crippen LogP contribution is -2.49. The fourth-order valence-corrected chi connectivity index (χ4v) is 2.74. The molecule has 0 aromatic carbocycles. The molecule has 1 N–H and O–H groups in total. The second kappa shape index (κ2) is 6.87. The molecule has 1 atom stereocenters. The summed E-state index contributed by atoms with van der Waals surface area (Å²) in [6, 6.07) is 0.243. The molecule has 6 nitrogen and oxygen atoms in total. The molecule has 1 aliphatic heterocycles. The molecule has 0 saturated carbocycles. The van der Waals surface area contributed by atoms with Gasteiger partial charge < -0.3 is 15.0 Å². The van der Waals surface area contributed by atoms with Gasteiger partial charge in [-0.05, 0) is 33.6 Å². The van der Waals surface area contributed by atoms with E-state index in [0.29, 0.717) is 18.1 Å². The Hall–Kier alpha value is -1.27. The summed E-state index contributed by atoms with van der Waals surface area (Å²) >= 11 is 6.11. The molecule has 1 aromatic rings. The van der Waals surface area contributed by atoms with E-state index in [9.17, 15) is 4.79 Å². The maximum Gasteiger partial charge on any atom is 0.410 e. The van der Waals surface area contributed by atoms with Gasteiger partial charge in [0.25, 0.3) is 0 Å². The first-order valence-corrected chi connectivity index (χ1v) is 8.02. The zero-order chi connectivity index (χ0) is 16.3. The van der Waals surface area contributed by atoms with Gasteiger partial charge in [0.15, 0.2) is 0 Å². The third-order valence-electron chi connectivity index (χ3n) is 3.64. The lowest BCUT2D eigenvalue weighted by Gasteiger charge is -2.34. The Balaban J connectivity index is 1.87. The van der Waals surface area contributed by atoms with Crippen LogP contribution in [0, 0.1) is 0 Å². The number of halogens is 1. The molecule has 0 spiro atoms. The number of carbonyl (C=O) groups excluding carboxylic acids is 1. The number of hydrogen-bond donors (Lipinski definition) is 1. The minimum absolute atomic E-state index is 0.238. The van der Waals surface area contributed by atoms with Gasteiger partial charge in [0.2, 0.25) is 0 Å². The maximum atomic E-state index is 12.1. The van der Waals surface area contributed by atoms with E-state index in [1.54, 1.807) is 15.8 Å². The lowest BCUT2D eigenvalue weighted by atomic mass is 10.1. The molecule has 0 aliphatic carbocycles. The molecule has 0 bridgehead atoms. The minimum atomic E-state index is -0.459. The van der Waals surface area contributed by atoms with E-state index < -0.39 is 5.60 Å². The van der Waals surface area contributed by atoms with E-state index in [0.717, 1.165) is 25.1 Å². The van der Waals surface area contributed by atoms with Gasteiger partial charge in [-0.3, -0.25) is 4.68 Å². The normalized spacial score (nSPS) is 19.3. The van der Waals surface area contributed by atoms with E-state index >= 15 is 0 Å². The summed E-state index contributed by atoms with van der Waals surface area (Å²) in [6.07, 6.45) is 3.41. The van der Waals surface area contributed by atoms with E-state index in [4.69, 9.17) is 16.3 Å². The van der Waals surface area contributed by atoms with E-state index in [2.05, 4.69) is 10.4 Å². The Morgan fingerprint density at radius 2 is 2.27 bits per heavy atom. The molecule has 1 fully saturated rings. The van der Waals surface area contributed by atoms with Crippen molar-refractivity contribution in [3.8, 4) is 0 Å². The second-order valence-corrected chi connectivity index (χ2v) is 7.12. The van der Waals surface area contributed by atoms with Crippen LogP contribution in [-0.2, 0) is 18.3 Å². The number of ether oxygens (including phenoxy) is 1. The largest absolute Gasteiger partial charge is 0.444 e. The topological polar surface area (TPSA) is 59.4 Å². The van der Waals surface area contributed by atoms with Gasteiger partial charge in [0, 0.05) is 32.7 Å². The standard InChI is InChI=1S/C15H25ClN4O2/c1-15(2,3)22-14(21)20-7-5-6-11(10-20)17-9-13-12(16)8-18-19(13)4/h8,11,17H,5-7,9-10H2,1-4H3/t11-/m0/s1. The van der Waals surface area contributed by atoms with Crippen molar-refractivity contribution in [2.45, 2.75) is 51.8 Å². The van der Waals surface area contributed by atoms with Crippen molar-refractivity contribution in [3.63, 3.8) is 0 Å². The first kappa shape index (κ1) is 17.1. The molecule has 1 amide bonds. The predicted octanol–water partition coefficient (Wildman–Crippen LogP) is 2.56. The monoisotopic (exact) mass is 328 g/mol. The van der Waals surface area contributed by atoms with Crippen LogP contribution in [0.4, 0.5) is 4.79 Å². The molecule has 1 saturated heterocycles. The average Bonchev–Trinajstić information content (AvgIpc) is 2.74. The summed E-state index contributed by atoms with van der Waals surface area (Å²) in [6.45, 7) is 7.70. The molecular formula is C15H25ClN4O2. The molecule has 22 heavy (non-hydrogen) atoms. The number of nitrogens with zero attached hydrogens (tertiary/aromatic N) is 3. The molecule has 124 valence electrons. The first-order chi connectivity index (χ1) is 10.3. The smallest absolute Gasteiger partial charge is 0.410 e. The lowest BCUT2D eigenvalue weighted by molar-refractivity contribution is 0.0187. The van der Waals surface area contributed by atoms with Crippen LogP contribution in [0.15, 0.2) is 6.20 Å². The van der Waals surface area contributed by atoms with E-state index in [1.165, 1.54) is 0 Å². The maximum absolute atomic E-state index is 12.1. The van der Waals surface area contributed by atoms with Crippen LogP contribution in [0.5, 0.6) is 0 Å². The van der Waals surface area contributed by atoms with Crippen molar-refractivity contribution in [2.24, 2.45) is 7.05 Å². The van der Waals surface area contributed by atoms with Gasteiger partial charge in [-0.15, -0.1) is 0 Å². The summed E-state index contributed by atoms with van der Waals surface area (Å²) < 4.78 is 7.21. The Morgan fingerprint density at radius 3 is 2.86 bits per heavy atom. The number of nitrogens with one attached hydrogen (secondary N) is 1. The molecule has 0 radical (unpaired) electrons. The van der Waals surface area contributed by atoms with Gasteiger partial charge in [-0.1, -0.05) is 11.6 Å². The van der Waals surface area contributed by atoms with Crippen LogP contribution in [0.3, 0.4) is 0 Å². The van der Waals surface area contributed by atoms with Gasteiger partial charge >= 0.3 is 6.09 Å². The molecule has 7 heteroatoms. The number of amides is 1. The minimum Gasteiger partial charge on any atom is -0.444 e. The van der Waals surface area contributed by atoms with Crippen LogP contribution in [0.1, 0.15) is 39.3 Å². The number of piperidine rings is 1. The summed E-state index contributed by atoms with van der Waals surface area (Å²) in [7, 11) is 1.87. The fourth-order valence-electron chi connectivity index (χ4n) is 2.51. The number of rotatable bonds is 3. The van der Waals surface area contributed by atoms with Crippen LogP contribution >= 0.6 is 11.6 Å². The van der Waals surface area contributed by atoms with Gasteiger partial charge in [-0.25, -0.2) is 4.79 Å². The predicted molar refractivity (Wildman–Crippen MR) is 85.9 cm³/mol. The Kier molecular flexibility index (Phi) is 5.34. The number of hydrogen-bond acceptors (Lipinski definition) is 4. The van der Waals surface area contributed by atoms with Crippen molar-refractivity contribution in [1.29, 1.82) is 0 Å². The van der Waals surface area contributed by atoms with Crippen LogP contribution in [0.2, 0.25) is 5.02 Å². The van der Waals surface area contributed by atoms with Crippen LogP contribution < -0.4 is 5.32 Å². The number of likely N-dealkylation sites (tertiary alicyclic amines) is 1. The average molecular weight is 329 g/mol. The number of carbonyl (C=O) groups is 1. The molecular weight excluding hydrogens is 304 g/mol. The Bertz CT molecular complexity index is 505. The summed E-state index contributed by atoms with van der Waals surface area (Å²) in [5.74, 6) is 0. The SMILES string of the molecule is Cn1ncc(Cl)c1CN[C@H]1CCCN(C(=O)OC(C)(C)C)C1.